The Kier molecular flexibility index (Phi) is 7.97. The van der Waals surface area contributed by atoms with Crippen molar-refractivity contribution >= 4 is 21.8 Å². The summed E-state index contributed by atoms with van der Waals surface area (Å²) in [4.78, 5) is 0. The number of aromatic nitrogens is 1. The van der Waals surface area contributed by atoms with Gasteiger partial charge in [-0.25, -0.2) is 0 Å². The van der Waals surface area contributed by atoms with Gasteiger partial charge in [-0.05, 0) is 61.1 Å². The average molecular weight is 379 g/mol. The van der Waals surface area contributed by atoms with E-state index in [1.807, 2.05) is 0 Å². The Hall–Kier alpha value is -1.80. The maximum Gasteiger partial charge on any atom is 0.0492 e. The molecule has 2 nitrogen and oxygen atoms in total. The van der Waals surface area contributed by atoms with Crippen LogP contribution in [-0.4, -0.2) is 11.1 Å². The number of nitrogens with two attached hydrogens (primary N) is 1. The van der Waals surface area contributed by atoms with Crippen molar-refractivity contribution in [2.75, 3.05) is 6.54 Å². The van der Waals surface area contributed by atoms with E-state index in [1.54, 1.807) is 0 Å². The number of hydrogen-bond acceptors (Lipinski definition) is 1. The van der Waals surface area contributed by atoms with E-state index >= 15 is 0 Å². The fraction of sp³-hybridized carbons (Fsp3) is 0.538. The van der Waals surface area contributed by atoms with E-state index in [-0.39, 0.29) is 0 Å². The molecule has 0 unspecified atom stereocenters. The molecule has 0 aliphatic carbocycles. The third-order valence-corrected chi connectivity index (χ3v) is 5.98. The molecule has 1 heterocycles. The van der Waals surface area contributed by atoms with Crippen molar-refractivity contribution in [2.24, 2.45) is 5.73 Å². The first-order chi connectivity index (χ1) is 13.8. The Morgan fingerprint density at radius 3 is 1.61 bits per heavy atom. The fourth-order valence-electron chi connectivity index (χ4n) is 4.39. The molecule has 0 spiro atoms. The highest BCUT2D eigenvalue weighted by atomic mass is 15.0. The molecule has 0 bridgehead atoms. The summed E-state index contributed by atoms with van der Waals surface area (Å²) in [5, 5.41) is 2.82. The normalized spacial score (nSPS) is 11.7. The second kappa shape index (κ2) is 10.7. The van der Waals surface area contributed by atoms with Gasteiger partial charge in [-0.1, -0.05) is 64.5 Å². The van der Waals surface area contributed by atoms with Gasteiger partial charge in [0.2, 0.25) is 0 Å². The van der Waals surface area contributed by atoms with Crippen molar-refractivity contribution in [3.63, 3.8) is 0 Å². The minimum absolute atomic E-state index is 0.677. The van der Waals surface area contributed by atoms with Crippen LogP contribution in [-0.2, 0) is 19.4 Å². The minimum Gasteiger partial charge on any atom is -0.339 e. The monoisotopic (exact) mass is 378 g/mol. The SMILES string of the molecule is CCCCCCc1ccc2c(c1)c1cc(CCCCCC)ccc1n2CCN. The average Bonchev–Trinajstić information content (AvgIpc) is 3.02. The van der Waals surface area contributed by atoms with E-state index in [9.17, 15) is 0 Å². The number of nitrogens with zero attached hydrogens (tertiary/aromatic N) is 1. The van der Waals surface area contributed by atoms with Gasteiger partial charge in [0.15, 0.2) is 0 Å². The van der Waals surface area contributed by atoms with Gasteiger partial charge in [0.1, 0.15) is 0 Å². The summed E-state index contributed by atoms with van der Waals surface area (Å²) in [5.74, 6) is 0. The maximum absolute atomic E-state index is 5.93. The van der Waals surface area contributed by atoms with E-state index in [2.05, 4.69) is 54.8 Å². The molecule has 3 rings (SSSR count). The first kappa shape index (κ1) is 20.9. The largest absolute Gasteiger partial charge is 0.339 e. The number of fused-ring (bicyclic) bond motifs is 3. The van der Waals surface area contributed by atoms with Crippen LogP contribution in [0.3, 0.4) is 0 Å². The summed E-state index contributed by atoms with van der Waals surface area (Å²) in [6.07, 6.45) is 12.9. The first-order valence-electron chi connectivity index (χ1n) is 11.5. The highest BCUT2D eigenvalue weighted by Crippen LogP contribution is 2.31. The van der Waals surface area contributed by atoms with Gasteiger partial charge in [0, 0.05) is 34.9 Å². The Bertz CT molecular complexity index is 806. The van der Waals surface area contributed by atoms with E-state index in [0.717, 1.165) is 6.54 Å². The summed E-state index contributed by atoms with van der Waals surface area (Å²) in [7, 11) is 0. The quantitative estimate of drug-likeness (QED) is 0.338. The molecule has 0 radical (unpaired) electrons. The summed E-state index contributed by atoms with van der Waals surface area (Å²) in [6, 6.07) is 14.2. The van der Waals surface area contributed by atoms with Crippen LogP contribution in [0.5, 0.6) is 0 Å². The highest BCUT2D eigenvalue weighted by molar-refractivity contribution is 6.08. The van der Waals surface area contributed by atoms with Gasteiger partial charge in [0.25, 0.3) is 0 Å². The Labute approximate surface area is 171 Å². The highest BCUT2D eigenvalue weighted by Gasteiger charge is 2.11. The molecule has 1 aromatic heterocycles. The van der Waals surface area contributed by atoms with Crippen molar-refractivity contribution in [2.45, 2.75) is 84.6 Å². The lowest BCUT2D eigenvalue weighted by molar-refractivity contribution is 0.667. The zero-order chi connectivity index (χ0) is 19.8. The van der Waals surface area contributed by atoms with Crippen LogP contribution in [0, 0.1) is 0 Å². The molecule has 0 fully saturated rings. The van der Waals surface area contributed by atoms with E-state index in [4.69, 9.17) is 5.73 Å². The van der Waals surface area contributed by atoms with Crippen LogP contribution in [0.4, 0.5) is 0 Å². The standard InChI is InChI=1S/C26H38N2/c1-3-5-7-9-11-21-13-15-25-23(19-21)24-20-22(12-10-8-6-4-2)14-16-26(24)28(25)18-17-27/h13-16,19-20H,3-12,17-18,27H2,1-2H3. The lowest BCUT2D eigenvalue weighted by atomic mass is 10.0. The Morgan fingerprint density at radius 2 is 1.18 bits per heavy atom. The second-order valence-corrected chi connectivity index (χ2v) is 8.26. The molecular formula is C26H38N2. The molecule has 2 heteroatoms. The van der Waals surface area contributed by atoms with Crippen molar-refractivity contribution < 1.29 is 0 Å². The molecule has 28 heavy (non-hydrogen) atoms. The van der Waals surface area contributed by atoms with Crippen LogP contribution in [0.2, 0.25) is 0 Å². The predicted octanol–water partition coefficient (Wildman–Crippen LogP) is 7.00. The zero-order valence-corrected chi connectivity index (χ0v) is 18.0. The van der Waals surface area contributed by atoms with Crippen LogP contribution in [0.25, 0.3) is 21.8 Å². The van der Waals surface area contributed by atoms with Crippen molar-refractivity contribution in [1.82, 2.24) is 4.57 Å². The van der Waals surface area contributed by atoms with Gasteiger partial charge in [-0.15, -0.1) is 0 Å². The molecule has 2 aromatic carbocycles. The third-order valence-electron chi connectivity index (χ3n) is 5.98. The van der Waals surface area contributed by atoms with Gasteiger partial charge in [0.05, 0.1) is 0 Å². The molecule has 0 saturated carbocycles. The van der Waals surface area contributed by atoms with Crippen LogP contribution >= 0.6 is 0 Å². The lowest BCUT2D eigenvalue weighted by Crippen LogP contribution is -2.09. The van der Waals surface area contributed by atoms with Crippen LogP contribution < -0.4 is 5.73 Å². The fourth-order valence-corrected chi connectivity index (χ4v) is 4.39. The van der Waals surface area contributed by atoms with Gasteiger partial charge >= 0.3 is 0 Å². The van der Waals surface area contributed by atoms with E-state index < -0.39 is 0 Å². The lowest BCUT2D eigenvalue weighted by Gasteiger charge is -2.06. The second-order valence-electron chi connectivity index (χ2n) is 8.26. The zero-order valence-electron chi connectivity index (χ0n) is 18.0. The van der Waals surface area contributed by atoms with Crippen LogP contribution in [0.15, 0.2) is 36.4 Å². The van der Waals surface area contributed by atoms with E-state index in [0.29, 0.717) is 6.54 Å². The molecule has 0 saturated heterocycles. The number of hydrogen-bond donors (Lipinski definition) is 1. The molecule has 0 aliphatic rings. The first-order valence-corrected chi connectivity index (χ1v) is 11.5. The minimum atomic E-state index is 0.677. The number of benzene rings is 2. The molecule has 152 valence electrons. The maximum atomic E-state index is 5.93. The molecule has 3 aromatic rings. The predicted molar refractivity (Wildman–Crippen MR) is 124 cm³/mol. The van der Waals surface area contributed by atoms with E-state index in [1.165, 1.54) is 97.1 Å². The third kappa shape index (κ3) is 4.97. The molecule has 0 atom stereocenters. The number of rotatable bonds is 12. The van der Waals surface area contributed by atoms with Gasteiger partial charge in [-0.2, -0.15) is 0 Å². The van der Waals surface area contributed by atoms with Crippen LogP contribution in [0.1, 0.15) is 76.3 Å². The molecule has 0 aliphatic heterocycles. The Morgan fingerprint density at radius 1 is 0.679 bits per heavy atom. The summed E-state index contributed by atoms with van der Waals surface area (Å²) >= 11 is 0. The summed E-state index contributed by atoms with van der Waals surface area (Å²) < 4.78 is 2.41. The van der Waals surface area contributed by atoms with Crippen molar-refractivity contribution in [3.05, 3.63) is 47.5 Å². The summed E-state index contributed by atoms with van der Waals surface area (Å²) in [6.45, 7) is 6.11. The molecule has 0 amide bonds. The molecular weight excluding hydrogens is 340 g/mol. The topological polar surface area (TPSA) is 30.9 Å². The smallest absolute Gasteiger partial charge is 0.0492 e. The summed E-state index contributed by atoms with van der Waals surface area (Å²) in [5.41, 5.74) is 11.5. The Balaban J connectivity index is 1.91. The number of unbranched alkanes of at least 4 members (excludes halogenated alkanes) is 6. The van der Waals surface area contributed by atoms with Crippen molar-refractivity contribution in [1.29, 1.82) is 0 Å². The van der Waals surface area contributed by atoms with Crippen molar-refractivity contribution in [3.8, 4) is 0 Å². The number of aryl methyl sites for hydroxylation is 2. The van der Waals surface area contributed by atoms with Gasteiger partial charge < -0.3 is 10.3 Å². The molecule has 2 N–H and O–H groups in total. The van der Waals surface area contributed by atoms with Gasteiger partial charge in [-0.3, -0.25) is 0 Å².